The van der Waals surface area contributed by atoms with Gasteiger partial charge in [0, 0.05) is 11.6 Å². The van der Waals surface area contributed by atoms with Crippen LogP contribution in [-0.2, 0) is 0 Å². The van der Waals surface area contributed by atoms with Crippen LogP contribution in [0.15, 0.2) is 22.7 Å². The molecule has 1 unspecified atom stereocenters. The summed E-state index contributed by atoms with van der Waals surface area (Å²) in [7, 11) is 0. The SMILES string of the molecule is CCCCOc1ccc(C(=O)NC(=S)NC(C)CC)cc1Br. The van der Waals surface area contributed by atoms with Gasteiger partial charge in [-0.2, -0.15) is 0 Å². The van der Waals surface area contributed by atoms with Crippen molar-refractivity contribution in [1.82, 2.24) is 10.6 Å². The lowest BCUT2D eigenvalue weighted by molar-refractivity contribution is 0.0976. The molecule has 0 aliphatic rings. The first-order chi connectivity index (χ1) is 10.5. The summed E-state index contributed by atoms with van der Waals surface area (Å²) in [4.78, 5) is 12.1. The first-order valence-electron chi connectivity index (χ1n) is 7.52. The van der Waals surface area contributed by atoms with E-state index < -0.39 is 0 Å². The number of ether oxygens (including phenoxy) is 1. The monoisotopic (exact) mass is 386 g/mol. The minimum Gasteiger partial charge on any atom is -0.492 e. The van der Waals surface area contributed by atoms with Gasteiger partial charge in [-0.05, 0) is 66.1 Å². The average Bonchev–Trinajstić information content (AvgIpc) is 2.48. The quantitative estimate of drug-likeness (QED) is 0.548. The highest BCUT2D eigenvalue weighted by Gasteiger charge is 2.11. The molecule has 0 saturated heterocycles. The van der Waals surface area contributed by atoms with E-state index in [4.69, 9.17) is 17.0 Å². The Morgan fingerprint density at radius 2 is 2.14 bits per heavy atom. The number of unbranched alkanes of at least 4 members (excludes halogenated alkanes) is 1. The third-order valence-corrected chi connectivity index (χ3v) is 4.01. The number of hydrogen-bond acceptors (Lipinski definition) is 3. The molecule has 1 aromatic rings. The molecule has 2 N–H and O–H groups in total. The van der Waals surface area contributed by atoms with Crippen LogP contribution in [0.25, 0.3) is 0 Å². The van der Waals surface area contributed by atoms with E-state index in [1.165, 1.54) is 0 Å². The summed E-state index contributed by atoms with van der Waals surface area (Å²) in [5, 5.41) is 6.08. The highest BCUT2D eigenvalue weighted by atomic mass is 79.9. The number of rotatable bonds is 7. The Morgan fingerprint density at radius 3 is 2.73 bits per heavy atom. The van der Waals surface area contributed by atoms with Crippen LogP contribution in [0.1, 0.15) is 50.4 Å². The van der Waals surface area contributed by atoms with Crippen LogP contribution < -0.4 is 15.4 Å². The largest absolute Gasteiger partial charge is 0.492 e. The lowest BCUT2D eigenvalue weighted by Gasteiger charge is -2.15. The summed E-state index contributed by atoms with van der Waals surface area (Å²) in [6, 6.07) is 5.49. The van der Waals surface area contributed by atoms with E-state index >= 15 is 0 Å². The second-order valence-corrected chi connectivity index (χ2v) is 6.35. The van der Waals surface area contributed by atoms with Gasteiger partial charge in [-0.3, -0.25) is 10.1 Å². The zero-order chi connectivity index (χ0) is 16.5. The normalized spacial score (nSPS) is 11.6. The van der Waals surface area contributed by atoms with Gasteiger partial charge in [-0.15, -0.1) is 0 Å². The number of hydrogen-bond donors (Lipinski definition) is 2. The average molecular weight is 387 g/mol. The Bertz CT molecular complexity index is 523. The predicted octanol–water partition coefficient (Wildman–Crippen LogP) is 4.03. The van der Waals surface area contributed by atoms with Crippen LogP contribution in [0.4, 0.5) is 0 Å². The van der Waals surface area contributed by atoms with E-state index in [1.54, 1.807) is 18.2 Å². The van der Waals surface area contributed by atoms with Gasteiger partial charge in [0.25, 0.3) is 5.91 Å². The fourth-order valence-corrected chi connectivity index (χ4v) is 2.41. The van der Waals surface area contributed by atoms with E-state index in [-0.39, 0.29) is 11.9 Å². The van der Waals surface area contributed by atoms with E-state index in [9.17, 15) is 4.79 Å². The maximum absolute atomic E-state index is 12.1. The van der Waals surface area contributed by atoms with Crippen molar-refractivity contribution in [1.29, 1.82) is 0 Å². The molecule has 0 radical (unpaired) electrons. The van der Waals surface area contributed by atoms with Crippen LogP contribution in [0.2, 0.25) is 0 Å². The fraction of sp³-hybridized carbons (Fsp3) is 0.500. The van der Waals surface area contributed by atoms with Crippen LogP contribution in [0, 0.1) is 0 Å². The van der Waals surface area contributed by atoms with Gasteiger partial charge in [0.2, 0.25) is 0 Å². The molecule has 0 aliphatic carbocycles. The Balaban J connectivity index is 2.63. The zero-order valence-electron chi connectivity index (χ0n) is 13.2. The van der Waals surface area contributed by atoms with Crippen LogP contribution >= 0.6 is 28.1 Å². The molecule has 0 saturated carbocycles. The van der Waals surface area contributed by atoms with Gasteiger partial charge < -0.3 is 10.1 Å². The van der Waals surface area contributed by atoms with Crippen LogP contribution in [0.5, 0.6) is 5.75 Å². The molecule has 22 heavy (non-hydrogen) atoms. The summed E-state index contributed by atoms with van der Waals surface area (Å²) in [5.74, 6) is 0.506. The molecule has 122 valence electrons. The molecule has 1 amide bonds. The molecule has 0 aromatic heterocycles. The number of amides is 1. The Morgan fingerprint density at radius 1 is 1.41 bits per heavy atom. The van der Waals surface area contributed by atoms with Crippen molar-refractivity contribution >= 4 is 39.2 Å². The van der Waals surface area contributed by atoms with Gasteiger partial charge in [-0.1, -0.05) is 20.3 Å². The molecular weight excluding hydrogens is 364 g/mol. The number of carbonyl (C=O) groups is 1. The van der Waals surface area contributed by atoms with E-state index in [0.29, 0.717) is 17.3 Å². The van der Waals surface area contributed by atoms with Crippen molar-refractivity contribution in [3.05, 3.63) is 28.2 Å². The predicted molar refractivity (Wildman–Crippen MR) is 97.5 cm³/mol. The highest BCUT2D eigenvalue weighted by Crippen LogP contribution is 2.26. The van der Waals surface area contributed by atoms with Crippen molar-refractivity contribution in [2.45, 2.75) is 46.1 Å². The summed E-state index contributed by atoms with van der Waals surface area (Å²) in [6.45, 7) is 6.85. The molecule has 0 spiro atoms. The second-order valence-electron chi connectivity index (χ2n) is 5.08. The number of benzene rings is 1. The molecule has 0 fully saturated rings. The van der Waals surface area contributed by atoms with Gasteiger partial charge in [0.15, 0.2) is 5.11 Å². The fourth-order valence-electron chi connectivity index (χ4n) is 1.62. The Kier molecular flexibility index (Phi) is 8.42. The molecular formula is C16H23BrN2O2S. The molecule has 1 rings (SSSR count). The maximum atomic E-state index is 12.1. The van der Waals surface area contributed by atoms with Crippen molar-refractivity contribution < 1.29 is 9.53 Å². The Labute approximate surface area is 146 Å². The summed E-state index contributed by atoms with van der Waals surface area (Å²) < 4.78 is 6.40. The summed E-state index contributed by atoms with van der Waals surface area (Å²) >= 11 is 8.55. The number of halogens is 1. The molecule has 1 atom stereocenters. The molecule has 1 aromatic carbocycles. The zero-order valence-corrected chi connectivity index (χ0v) is 15.6. The minimum atomic E-state index is -0.235. The smallest absolute Gasteiger partial charge is 0.257 e. The highest BCUT2D eigenvalue weighted by molar-refractivity contribution is 9.10. The van der Waals surface area contributed by atoms with Crippen LogP contribution in [-0.4, -0.2) is 23.7 Å². The van der Waals surface area contributed by atoms with Gasteiger partial charge in [0.05, 0.1) is 11.1 Å². The van der Waals surface area contributed by atoms with Gasteiger partial charge >= 0.3 is 0 Å². The van der Waals surface area contributed by atoms with Gasteiger partial charge in [0.1, 0.15) is 5.75 Å². The summed E-state index contributed by atoms with van der Waals surface area (Å²) in [6.07, 6.45) is 3.02. The topological polar surface area (TPSA) is 50.4 Å². The third-order valence-electron chi connectivity index (χ3n) is 3.17. The number of carbonyl (C=O) groups excluding carboxylic acids is 1. The van der Waals surface area contributed by atoms with E-state index in [0.717, 1.165) is 29.5 Å². The van der Waals surface area contributed by atoms with E-state index in [1.807, 2.05) is 6.92 Å². The third kappa shape index (κ3) is 6.32. The first-order valence-corrected chi connectivity index (χ1v) is 8.72. The summed E-state index contributed by atoms with van der Waals surface area (Å²) in [5.41, 5.74) is 0.531. The molecule has 0 heterocycles. The van der Waals surface area contributed by atoms with Crippen molar-refractivity contribution in [2.24, 2.45) is 0 Å². The lowest BCUT2D eigenvalue weighted by atomic mass is 10.2. The van der Waals surface area contributed by atoms with E-state index in [2.05, 4.69) is 40.4 Å². The standard InChI is InChI=1S/C16H23BrN2O2S/c1-4-6-9-21-14-8-7-12(10-13(14)17)15(20)19-16(22)18-11(3)5-2/h7-8,10-11H,4-6,9H2,1-3H3,(H2,18,19,20,22). The van der Waals surface area contributed by atoms with Crippen molar-refractivity contribution in [2.75, 3.05) is 6.61 Å². The maximum Gasteiger partial charge on any atom is 0.257 e. The minimum absolute atomic E-state index is 0.230. The number of thiocarbonyl (C=S) groups is 1. The molecule has 0 aliphatic heterocycles. The first kappa shape index (κ1) is 18.9. The second kappa shape index (κ2) is 9.79. The van der Waals surface area contributed by atoms with Crippen molar-refractivity contribution in [3.8, 4) is 5.75 Å². The Hall–Kier alpha value is -1.14. The van der Waals surface area contributed by atoms with Gasteiger partial charge in [-0.25, -0.2) is 0 Å². The van der Waals surface area contributed by atoms with Crippen LogP contribution in [0.3, 0.4) is 0 Å². The number of nitrogens with one attached hydrogen (secondary N) is 2. The molecule has 6 heteroatoms. The molecule has 0 bridgehead atoms. The molecule has 4 nitrogen and oxygen atoms in total. The lowest BCUT2D eigenvalue weighted by Crippen LogP contribution is -2.43. The van der Waals surface area contributed by atoms with Crippen molar-refractivity contribution in [3.63, 3.8) is 0 Å².